The van der Waals surface area contributed by atoms with Gasteiger partial charge in [-0.1, -0.05) is 6.92 Å². The van der Waals surface area contributed by atoms with Crippen LogP contribution in [0.1, 0.15) is 18.1 Å². The quantitative estimate of drug-likeness (QED) is 0.658. The SMILES string of the molecule is Cc1cc([N+](=O)[O-])c(S(=O)(=O)N2CC(C)C(N)C2)cc1C.Cl. The van der Waals surface area contributed by atoms with E-state index in [1.165, 1.54) is 16.4 Å². The van der Waals surface area contributed by atoms with Crippen molar-refractivity contribution in [2.45, 2.75) is 31.7 Å². The monoisotopic (exact) mass is 349 g/mol. The van der Waals surface area contributed by atoms with Gasteiger partial charge in [0.2, 0.25) is 10.0 Å². The van der Waals surface area contributed by atoms with Crippen molar-refractivity contribution in [3.63, 3.8) is 0 Å². The minimum absolute atomic E-state index is 0. The van der Waals surface area contributed by atoms with E-state index in [1.807, 2.05) is 6.92 Å². The Bertz CT molecular complexity index is 683. The van der Waals surface area contributed by atoms with Gasteiger partial charge < -0.3 is 5.73 Å². The fraction of sp³-hybridized carbons (Fsp3) is 0.538. The third kappa shape index (κ3) is 3.24. The molecule has 1 aromatic carbocycles. The molecule has 2 rings (SSSR count). The van der Waals surface area contributed by atoms with E-state index >= 15 is 0 Å². The average molecular weight is 350 g/mol. The van der Waals surface area contributed by atoms with E-state index in [0.29, 0.717) is 11.1 Å². The van der Waals surface area contributed by atoms with Crippen LogP contribution in [-0.2, 0) is 10.0 Å². The van der Waals surface area contributed by atoms with Crippen molar-refractivity contribution in [3.05, 3.63) is 33.4 Å². The third-order valence-corrected chi connectivity index (χ3v) is 5.89. The van der Waals surface area contributed by atoms with Crippen LogP contribution in [0, 0.1) is 29.9 Å². The number of benzene rings is 1. The lowest BCUT2D eigenvalue weighted by Gasteiger charge is -2.17. The predicted molar refractivity (Wildman–Crippen MR) is 85.7 cm³/mol. The fourth-order valence-electron chi connectivity index (χ4n) is 2.41. The molecule has 1 aliphatic heterocycles. The molecule has 22 heavy (non-hydrogen) atoms. The van der Waals surface area contributed by atoms with Crippen LogP contribution in [-0.4, -0.2) is 36.8 Å². The van der Waals surface area contributed by atoms with Crippen molar-refractivity contribution in [2.75, 3.05) is 13.1 Å². The molecule has 9 heteroatoms. The zero-order valence-electron chi connectivity index (χ0n) is 12.6. The molecule has 124 valence electrons. The summed E-state index contributed by atoms with van der Waals surface area (Å²) in [6.07, 6.45) is 0. The van der Waals surface area contributed by atoms with Crippen molar-refractivity contribution < 1.29 is 13.3 Å². The van der Waals surface area contributed by atoms with Crippen LogP contribution in [0.2, 0.25) is 0 Å². The summed E-state index contributed by atoms with van der Waals surface area (Å²) >= 11 is 0. The Morgan fingerprint density at radius 1 is 1.27 bits per heavy atom. The van der Waals surface area contributed by atoms with E-state index < -0.39 is 14.9 Å². The third-order valence-electron chi connectivity index (χ3n) is 4.03. The Kier molecular flexibility index (Phi) is 5.56. The molecule has 0 radical (unpaired) electrons. The molecule has 0 bridgehead atoms. The first-order chi connectivity index (χ1) is 9.64. The summed E-state index contributed by atoms with van der Waals surface area (Å²) in [5.74, 6) is 0.0328. The van der Waals surface area contributed by atoms with Gasteiger partial charge in [0.15, 0.2) is 4.90 Å². The predicted octanol–water partition coefficient (Wildman–Crippen LogP) is 1.60. The first-order valence-electron chi connectivity index (χ1n) is 6.66. The van der Waals surface area contributed by atoms with E-state index in [2.05, 4.69) is 0 Å². The second-order valence-corrected chi connectivity index (χ2v) is 7.53. The largest absolute Gasteiger partial charge is 0.326 e. The summed E-state index contributed by atoms with van der Waals surface area (Å²) in [5, 5.41) is 11.2. The Hall–Kier alpha value is -1.22. The van der Waals surface area contributed by atoms with Crippen LogP contribution < -0.4 is 5.73 Å². The molecule has 0 spiro atoms. The summed E-state index contributed by atoms with van der Waals surface area (Å²) in [7, 11) is -3.91. The molecular formula is C13H20ClN3O4S. The Morgan fingerprint density at radius 3 is 2.27 bits per heavy atom. The standard InChI is InChI=1S/C13H19N3O4S.ClH/c1-8-4-12(16(17)18)13(5-9(8)2)21(19,20)15-6-10(3)11(14)7-15;/h4-5,10-11H,6-7,14H2,1-3H3;1H. The number of nitro groups is 1. The zero-order valence-corrected chi connectivity index (χ0v) is 14.3. The normalized spacial score (nSPS) is 22.4. The van der Waals surface area contributed by atoms with Crippen LogP contribution >= 0.6 is 12.4 Å². The molecule has 1 aromatic rings. The summed E-state index contributed by atoms with van der Waals surface area (Å²) in [4.78, 5) is 10.3. The number of nitrogens with zero attached hydrogens (tertiary/aromatic N) is 2. The number of sulfonamides is 1. The van der Waals surface area contributed by atoms with Gasteiger partial charge in [-0.25, -0.2) is 8.42 Å². The van der Waals surface area contributed by atoms with Crippen molar-refractivity contribution in [2.24, 2.45) is 11.7 Å². The smallest absolute Gasteiger partial charge is 0.289 e. The molecule has 1 aliphatic rings. The molecule has 1 fully saturated rings. The first kappa shape index (κ1) is 18.8. The first-order valence-corrected chi connectivity index (χ1v) is 8.10. The zero-order chi connectivity index (χ0) is 15.9. The van der Waals surface area contributed by atoms with Crippen molar-refractivity contribution in [1.29, 1.82) is 0 Å². The minimum Gasteiger partial charge on any atom is -0.326 e. The number of aryl methyl sites for hydroxylation is 2. The lowest BCUT2D eigenvalue weighted by Crippen LogP contribution is -2.32. The van der Waals surface area contributed by atoms with Gasteiger partial charge in [-0.05, 0) is 37.0 Å². The van der Waals surface area contributed by atoms with Gasteiger partial charge in [0, 0.05) is 25.2 Å². The fourth-order valence-corrected chi connectivity index (χ4v) is 4.21. The number of rotatable bonds is 3. The van der Waals surface area contributed by atoms with E-state index in [1.54, 1.807) is 13.8 Å². The second-order valence-electron chi connectivity index (χ2n) is 5.62. The molecular weight excluding hydrogens is 330 g/mol. The van der Waals surface area contributed by atoms with Crippen LogP contribution in [0.4, 0.5) is 5.69 Å². The Morgan fingerprint density at radius 2 is 1.82 bits per heavy atom. The highest BCUT2D eigenvalue weighted by molar-refractivity contribution is 7.89. The van der Waals surface area contributed by atoms with Gasteiger partial charge >= 0.3 is 0 Å². The van der Waals surface area contributed by atoms with Crippen LogP contribution in [0.3, 0.4) is 0 Å². The maximum Gasteiger partial charge on any atom is 0.289 e. The molecule has 0 aromatic heterocycles. The van der Waals surface area contributed by atoms with E-state index in [0.717, 1.165) is 0 Å². The van der Waals surface area contributed by atoms with Crippen LogP contribution in [0.15, 0.2) is 17.0 Å². The molecule has 0 saturated carbocycles. The van der Waals surface area contributed by atoms with Crippen molar-refractivity contribution in [3.8, 4) is 0 Å². The number of halogens is 1. The Labute approximate surface area is 136 Å². The summed E-state index contributed by atoms with van der Waals surface area (Å²) in [6.45, 7) is 5.79. The molecule has 2 unspecified atom stereocenters. The molecule has 0 aliphatic carbocycles. The summed E-state index contributed by atoms with van der Waals surface area (Å²) in [5.41, 5.74) is 6.86. The van der Waals surface area contributed by atoms with Gasteiger partial charge in [0.05, 0.1) is 4.92 Å². The van der Waals surface area contributed by atoms with E-state index in [9.17, 15) is 18.5 Å². The van der Waals surface area contributed by atoms with E-state index in [-0.39, 0.29) is 48.0 Å². The second kappa shape index (κ2) is 6.49. The highest BCUT2D eigenvalue weighted by Crippen LogP contribution is 2.32. The van der Waals surface area contributed by atoms with Gasteiger partial charge in [0.25, 0.3) is 5.69 Å². The van der Waals surface area contributed by atoms with Crippen LogP contribution in [0.5, 0.6) is 0 Å². The number of hydrogen-bond acceptors (Lipinski definition) is 5. The number of nitrogens with two attached hydrogens (primary N) is 1. The summed E-state index contributed by atoms with van der Waals surface area (Å²) < 4.78 is 26.6. The maximum atomic E-state index is 12.7. The highest BCUT2D eigenvalue weighted by atomic mass is 35.5. The molecule has 0 amide bonds. The maximum absolute atomic E-state index is 12.7. The van der Waals surface area contributed by atoms with Gasteiger partial charge in [-0.3, -0.25) is 10.1 Å². The lowest BCUT2D eigenvalue weighted by molar-refractivity contribution is -0.387. The summed E-state index contributed by atoms with van der Waals surface area (Å²) in [6, 6.07) is 2.43. The molecule has 7 nitrogen and oxygen atoms in total. The topological polar surface area (TPSA) is 107 Å². The van der Waals surface area contributed by atoms with E-state index in [4.69, 9.17) is 5.73 Å². The Balaban J connectivity index is 0.00000242. The lowest BCUT2D eigenvalue weighted by atomic mass is 10.1. The number of nitro benzene ring substituents is 1. The highest BCUT2D eigenvalue weighted by Gasteiger charge is 2.38. The molecule has 2 N–H and O–H groups in total. The number of hydrogen-bond donors (Lipinski definition) is 1. The van der Waals surface area contributed by atoms with Crippen LogP contribution in [0.25, 0.3) is 0 Å². The molecule has 1 saturated heterocycles. The van der Waals surface area contributed by atoms with Crippen molar-refractivity contribution in [1.82, 2.24) is 4.31 Å². The van der Waals surface area contributed by atoms with Gasteiger partial charge in [-0.2, -0.15) is 4.31 Å². The van der Waals surface area contributed by atoms with Crippen molar-refractivity contribution >= 4 is 28.1 Å². The molecule has 1 heterocycles. The van der Waals surface area contributed by atoms with Gasteiger partial charge in [-0.15, -0.1) is 12.4 Å². The molecule has 2 atom stereocenters. The van der Waals surface area contributed by atoms with Gasteiger partial charge in [0.1, 0.15) is 0 Å². The minimum atomic E-state index is -3.91. The average Bonchev–Trinajstić information content (AvgIpc) is 2.72.